The lowest BCUT2D eigenvalue weighted by Crippen LogP contribution is -2.64. The quantitative estimate of drug-likeness (QED) is 0.828. The van der Waals surface area contributed by atoms with Gasteiger partial charge in [-0.05, 0) is 31.2 Å². The minimum atomic E-state index is -0.215. The van der Waals surface area contributed by atoms with E-state index in [2.05, 4.69) is 54.4 Å². The number of nitrogens with one attached hydrogen (secondary N) is 1. The third-order valence-electron chi connectivity index (χ3n) is 4.98. The van der Waals surface area contributed by atoms with Gasteiger partial charge in [0.05, 0.1) is 6.67 Å². The molecule has 1 fully saturated rings. The number of hydrogen-bond donors (Lipinski definition) is 1. The Morgan fingerprint density at radius 3 is 2.57 bits per heavy atom. The van der Waals surface area contributed by atoms with Crippen LogP contribution in [0.1, 0.15) is 38.7 Å². The van der Waals surface area contributed by atoms with Crippen molar-refractivity contribution < 1.29 is 4.39 Å². The standard InChI is InChI=1S/C18H29FN2/c1-3-18(4-2)15-21(12-8-11-19)17(14-20-18)13-16-9-6-5-7-10-16/h5-7,9-10,17,20H,3-4,8,11-15H2,1-2H3. The average molecular weight is 292 g/mol. The largest absolute Gasteiger partial charge is 0.308 e. The molecule has 1 atom stereocenters. The third kappa shape index (κ3) is 4.27. The number of alkyl halides is 1. The molecule has 1 unspecified atom stereocenters. The van der Waals surface area contributed by atoms with E-state index in [-0.39, 0.29) is 12.2 Å². The molecule has 1 aliphatic heterocycles. The molecule has 0 radical (unpaired) electrons. The van der Waals surface area contributed by atoms with Crippen LogP contribution < -0.4 is 5.32 Å². The van der Waals surface area contributed by atoms with Crippen molar-refractivity contribution in [1.82, 2.24) is 10.2 Å². The molecule has 0 aliphatic carbocycles. The SMILES string of the molecule is CCC1(CC)CN(CCCF)C(Cc2ccccc2)CN1. The van der Waals surface area contributed by atoms with Gasteiger partial charge >= 0.3 is 0 Å². The molecule has 21 heavy (non-hydrogen) atoms. The number of piperazine rings is 1. The van der Waals surface area contributed by atoms with E-state index in [1.807, 2.05) is 0 Å². The van der Waals surface area contributed by atoms with Gasteiger partial charge in [0.1, 0.15) is 0 Å². The number of benzene rings is 1. The average Bonchev–Trinajstić information content (AvgIpc) is 2.55. The zero-order chi connectivity index (χ0) is 15.1. The maximum atomic E-state index is 12.6. The minimum Gasteiger partial charge on any atom is -0.308 e. The normalized spacial score (nSPS) is 22.3. The maximum absolute atomic E-state index is 12.6. The van der Waals surface area contributed by atoms with Crippen LogP contribution in [0.25, 0.3) is 0 Å². The van der Waals surface area contributed by atoms with Gasteiger partial charge in [-0.2, -0.15) is 0 Å². The number of halogens is 1. The lowest BCUT2D eigenvalue weighted by atomic mass is 9.87. The molecule has 1 heterocycles. The van der Waals surface area contributed by atoms with E-state index in [0.29, 0.717) is 12.5 Å². The molecular formula is C18H29FN2. The number of nitrogens with zero attached hydrogens (tertiary/aromatic N) is 1. The van der Waals surface area contributed by atoms with Crippen molar-refractivity contribution >= 4 is 0 Å². The molecule has 0 amide bonds. The first-order valence-electron chi connectivity index (χ1n) is 8.32. The summed E-state index contributed by atoms with van der Waals surface area (Å²) in [6, 6.07) is 11.1. The molecule has 0 aromatic heterocycles. The van der Waals surface area contributed by atoms with E-state index >= 15 is 0 Å². The van der Waals surface area contributed by atoms with Crippen molar-refractivity contribution in [2.45, 2.75) is 51.1 Å². The topological polar surface area (TPSA) is 15.3 Å². The van der Waals surface area contributed by atoms with Gasteiger partial charge in [-0.3, -0.25) is 9.29 Å². The summed E-state index contributed by atoms with van der Waals surface area (Å²) < 4.78 is 12.6. The molecule has 1 aromatic rings. The summed E-state index contributed by atoms with van der Waals surface area (Å²) in [6.07, 6.45) is 3.96. The fraction of sp³-hybridized carbons (Fsp3) is 0.667. The summed E-state index contributed by atoms with van der Waals surface area (Å²) in [5.41, 5.74) is 1.58. The van der Waals surface area contributed by atoms with Gasteiger partial charge in [-0.1, -0.05) is 44.2 Å². The second-order valence-electron chi connectivity index (χ2n) is 6.22. The molecule has 1 saturated heterocycles. The highest BCUT2D eigenvalue weighted by atomic mass is 19.1. The van der Waals surface area contributed by atoms with Crippen LogP contribution in [0.5, 0.6) is 0 Å². The van der Waals surface area contributed by atoms with Crippen LogP contribution in [0.4, 0.5) is 4.39 Å². The van der Waals surface area contributed by atoms with Crippen molar-refractivity contribution in [3.63, 3.8) is 0 Å². The Bertz CT molecular complexity index is 403. The molecule has 1 N–H and O–H groups in total. The highest BCUT2D eigenvalue weighted by Crippen LogP contribution is 2.24. The van der Waals surface area contributed by atoms with E-state index in [9.17, 15) is 4.39 Å². The van der Waals surface area contributed by atoms with Gasteiger partial charge in [0.2, 0.25) is 0 Å². The van der Waals surface area contributed by atoms with Gasteiger partial charge in [0.15, 0.2) is 0 Å². The van der Waals surface area contributed by atoms with Gasteiger partial charge in [-0.15, -0.1) is 0 Å². The first-order chi connectivity index (χ1) is 10.2. The predicted molar refractivity (Wildman–Crippen MR) is 87.4 cm³/mol. The van der Waals surface area contributed by atoms with Crippen molar-refractivity contribution in [1.29, 1.82) is 0 Å². The zero-order valence-corrected chi connectivity index (χ0v) is 13.4. The highest BCUT2D eigenvalue weighted by molar-refractivity contribution is 5.16. The van der Waals surface area contributed by atoms with Gasteiger partial charge < -0.3 is 5.32 Å². The van der Waals surface area contributed by atoms with E-state index in [1.165, 1.54) is 5.56 Å². The first kappa shape index (κ1) is 16.4. The Morgan fingerprint density at radius 1 is 1.24 bits per heavy atom. The summed E-state index contributed by atoms with van der Waals surface area (Å²) in [4.78, 5) is 2.51. The van der Waals surface area contributed by atoms with Crippen LogP contribution in [0, 0.1) is 0 Å². The van der Waals surface area contributed by atoms with E-state index < -0.39 is 0 Å². The van der Waals surface area contributed by atoms with Crippen LogP contribution in [-0.4, -0.2) is 42.8 Å². The van der Waals surface area contributed by atoms with Gasteiger partial charge in [-0.25, -0.2) is 0 Å². The van der Waals surface area contributed by atoms with Crippen LogP contribution >= 0.6 is 0 Å². The highest BCUT2D eigenvalue weighted by Gasteiger charge is 2.36. The molecule has 3 heteroatoms. The fourth-order valence-corrected chi connectivity index (χ4v) is 3.37. The monoisotopic (exact) mass is 292 g/mol. The second-order valence-corrected chi connectivity index (χ2v) is 6.22. The predicted octanol–water partition coefficient (Wildman–Crippen LogP) is 3.42. The van der Waals surface area contributed by atoms with E-state index in [0.717, 1.165) is 38.9 Å². The summed E-state index contributed by atoms with van der Waals surface area (Å²) in [5.74, 6) is 0. The first-order valence-corrected chi connectivity index (χ1v) is 8.32. The van der Waals surface area contributed by atoms with Crippen LogP contribution in [0.2, 0.25) is 0 Å². The molecule has 0 bridgehead atoms. The molecule has 2 rings (SSSR count). The summed E-state index contributed by atoms with van der Waals surface area (Å²) in [5, 5.41) is 3.77. The number of hydrogen-bond acceptors (Lipinski definition) is 2. The maximum Gasteiger partial charge on any atom is 0.0906 e. The fourth-order valence-electron chi connectivity index (χ4n) is 3.37. The Labute approximate surface area is 128 Å². The van der Waals surface area contributed by atoms with Crippen LogP contribution in [0.15, 0.2) is 30.3 Å². The molecule has 118 valence electrons. The Balaban J connectivity index is 2.05. The Kier molecular flexibility index (Phi) is 6.19. The molecule has 1 aromatic carbocycles. The van der Waals surface area contributed by atoms with E-state index in [4.69, 9.17) is 0 Å². The van der Waals surface area contributed by atoms with Gasteiger partial charge in [0, 0.05) is 31.2 Å². The Morgan fingerprint density at radius 2 is 1.95 bits per heavy atom. The Hall–Kier alpha value is -0.930. The van der Waals surface area contributed by atoms with Crippen molar-refractivity contribution in [2.75, 3.05) is 26.3 Å². The minimum absolute atomic E-state index is 0.212. The smallest absolute Gasteiger partial charge is 0.0906 e. The second kappa shape index (κ2) is 7.90. The van der Waals surface area contributed by atoms with Crippen molar-refractivity contribution in [3.05, 3.63) is 35.9 Å². The summed E-state index contributed by atoms with van der Waals surface area (Å²) >= 11 is 0. The van der Waals surface area contributed by atoms with Gasteiger partial charge in [0.25, 0.3) is 0 Å². The zero-order valence-electron chi connectivity index (χ0n) is 13.4. The molecule has 0 saturated carbocycles. The molecule has 0 spiro atoms. The van der Waals surface area contributed by atoms with Crippen molar-refractivity contribution in [3.8, 4) is 0 Å². The molecule has 1 aliphatic rings. The van der Waals surface area contributed by atoms with Crippen LogP contribution in [0.3, 0.4) is 0 Å². The van der Waals surface area contributed by atoms with Crippen LogP contribution in [-0.2, 0) is 6.42 Å². The molecule has 2 nitrogen and oxygen atoms in total. The lowest BCUT2D eigenvalue weighted by molar-refractivity contribution is 0.0699. The summed E-state index contributed by atoms with van der Waals surface area (Å²) in [7, 11) is 0. The third-order valence-corrected chi connectivity index (χ3v) is 4.98. The number of rotatable bonds is 7. The summed E-state index contributed by atoms with van der Waals surface area (Å²) in [6.45, 7) is 7.20. The van der Waals surface area contributed by atoms with Crippen molar-refractivity contribution in [2.24, 2.45) is 0 Å². The van der Waals surface area contributed by atoms with E-state index in [1.54, 1.807) is 0 Å². The lowest BCUT2D eigenvalue weighted by Gasteiger charge is -2.47. The molecular weight excluding hydrogens is 263 g/mol.